The number of carbonyl (C=O) groups is 1. The fourth-order valence-electron chi connectivity index (χ4n) is 2.52. The van der Waals surface area contributed by atoms with Crippen molar-refractivity contribution in [2.75, 3.05) is 21.0 Å². The first-order chi connectivity index (χ1) is 12.1. The molecular weight excluding hydrogens is 327 g/mol. The molecule has 0 saturated heterocycles. The molecule has 6 nitrogen and oxygen atoms in total. The number of amides is 2. The molecule has 2 aromatic carbocycles. The maximum absolute atomic E-state index is 13.7. The summed E-state index contributed by atoms with van der Waals surface area (Å²) in [5, 5.41) is 2.82. The van der Waals surface area contributed by atoms with Gasteiger partial charge in [-0.1, -0.05) is 12.1 Å². The van der Waals surface area contributed by atoms with Crippen LogP contribution in [0.1, 0.15) is 11.1 Å². The predicted octanol–water partition coefficient (Wildman–Crippen LogP) is 2.90. The molecule has 25 heavy (non-hydrogen) atoms. The summed E-state index contributed by atoms with van der Waals surface area (Å²) < 4.78 is 29.2. The van der Waals surface area contributed by atoms with E-state index in [4.69, 9.17) is 14.2 Å². The molecule has 7 heteroatoms. The maximum atomic E-state index is 13.7. The van der Waals surface area contributed by atoms with Crippen LogP contribution in [-0.4, -0.2) is 31.9 Å². The third kappa shape index (κ3) is 3.93. The second-order valence-electron chi connectivity index (χ2n) is 5.67. The number of nitrogens with zero attached hydrogens (tertiary/aromatic N) is 1. The average Bonchev–Trinajstić information content (AvgIpc) is 3.07. The molecule has 1 aliphatic rings. The number of hydrogen-bond donors (Lipinski definition) is 1. The van der Waals surface area contributed by atoms with Crippen LogP contribution < -0.4 is 19.5 Å². The molecule has 2 amide bonds. The Morgan fingerprint density at radius 1 is 1.20 bits per heavy atom. The fraction of sp³-hybridized carbons (Fsp3) is 0.278. The number of benzene rings is 2. The van der Waals surface area contributed by atoms with E-state index in [0.717, 1.165) is 5.56 Å². The lowest BCUT2D eigenvalue weighted by atomic mass is 10.2. The summed E-state index contributed by atoms with van der Waals surface area (Å²) in [6.07, 6.45) is 0. The van der Waals surface area contributed by atoms with Crippen LogP contribution >= 0.6 is 0 Å². The fourth-order valence-corrected chi connectivity index (χ4v) is 2.52. The highest BCUT2D eigenvalue weighted by molar-refractivity contribution is 5.73. The Morgan fingerprint density at radius 2 is 1.96 bits per heavy atom. The van der Waals surface area contributed by atoms with E-state index < -0.39 is 5.82 Å². The number of halogens is 1. The van der Waals surface area contributed by atoms with E-state index in [2.05, 4.69) is 5.32 Å². The number of urea groups is 1. The second kappa shape index (κ2) is 7.29. The minimum Gasteiger partial charge on any atom is -0.494 e. The molecule has 3 rings (SSSR count). The van der Waals surface area contributed by atoms with Gasteiger partial charge in [0, 0.05) is 20.1 Å². The minimum atomic E-state index is -0.450. The highest BCUT2D eigenvalue weighted by Gasteiger charge is 2.14. The van der Waals surface area contributed by atoms with Crippen LogP contribution in [0.5, 0.6) is 17.2 Å². The van der Waals surface area contributed by atoms with Crippen LogP contribution in [0.2, 0.25) is 0 Å². The summed E-state index contributed by atoms with van der Waals surface area (Å²) in [5.41, 5.74) is 1.58. The molecule has 0 saturated carbocycles. The molecule has 132 valence electrons. The number of hydrogen-bond acceptors (Lipinski definition) is 4. The van der Waals surface area contributed by atoms with Gasteiger partial charge in [-0.15, -0.1) is 0 Å². The second-order valence-corrected chi connectivity index (χ2v) is 5.67. The van der Waals surface area contributed by atoms with Gasteiger partial charge in [0.1, 0.15) is 0 Å². The lowest BCUT2D eigenvalue weighted by Crippen LogP contribution is -2.36. The lowest BCUT2D eigenvalue weighted by molar-refractivity contribution is 0.174. The monoisotopic (exact) mass is 346 g/mol. The number of carbonyl (C=O) groups excluding carboxylic acids is 1. The summed E-state index contributed by atoms with van der Waals surface area (Å²) in [4.78, 5) is 13.7. The van der Waals surface area contributed by atoms with E-state index in [1.807, 2.05) is 18.2 Å². The van der Waals surface area contributed by atoms with Gasteiger partial charge in [0.05, 0.1) is 7.11 Å². The van der Waals surface area contributed by atoms with E-state index in [-0.39, 0.29) is 25.1 Å². The van der Waals surface area contributed by atoms with Gasteiger partial charge in [-0.3, -0.25) is 0 Å². The smallest absolute Gasteiger partial charge is 0.317 e. The zero-order valence-electron chi connectivity index (χ0n) is 14.0. The molecule has 0 fully saturated rings. The van der Waals surface area contributed by atoms with E-state index in [9.17, 15) is 9.18 Å². The lowest BCUT2D eigenvalue weighted by Gasteiger charge is -2.18. The van der Waals surface area contributed by atoms with Crippen LogP contribution in [0, 0.1) is 5.82 Å². The molecule has 1 N–H and O–H groups in total. The van der Waals surface area contributed by atoms with Crippen LogP contribution in [-0.2, 0) is 13.1 Å². The van der Waals surface area contributed by atoms with Gasteiger partial charge in [-0.2, -0.15) is 0 Å². The number of ether oxygens (including phenoxy) is 3. The molecule has 0 atom stereocenters. The van der Waals surface area contributed by atoms with Gasteiger partial charge in [-0.25, -0.2) is 9.18 Å². The van der Waals surface area contributed by atoms with Gasteiger partial charge in [0.2, 0.25) is 6.79 Å². The zero-order chi connectivity index (χ0) is 17.8. The Balaban J connectivity index is 1.55. The van der Waals surface area contributed by atoms with Crippen molar-refractivity contribution < 1.29 is 23.4 Å². The van der Waals surface area contributed by atoms with Crippen LogP contribution in [0.4, 0.5) is 9.18 Å². The molecule has 2 aromatic rings. The first-order valence-electron chi connectivity index (χ1n) is 7.76. The topological polar surface area (TPSA) is 60.0 Å². The van der Waals surface area contributed by atoms with Gasteiger partial charge in [0.25, 0.3) is 0 Å². The highest BCUT2D eigenvalue weighted by atomic mass is 19.1. The number of rotatable bonds is 5. The largest absolute Gasteiger partial charge is 0.494 e. The first-order valence-corrected chi connectivity index (χ1v) is 7.76. The van der Waals surface area contributed by atoms with E-state index in [1.54, 1.807) is 19.2 Å². The Bertz CT molecular complexity index is 782. The predicted molar refractivity (Wildman–Crippen MR) is 89.2 cm³/mol. The van der Waals surface area contributed by atoms with E-state index in [0.29, 0.717) is 23.6 Å². The van der Waals surface area contributed by atoms with Crippen LogP contribution in [0.3, 0.4) is 0 Å². The quantitative estimate of drug-likeness (QED) is 0.904. The Kier molecular flexibility index (Phi) is 4.92. The SMILES string of the molecule is COc1ccc(CN(C)C(=O)NCc2ccc3c(c2)OCO3)cc1F. The molecule has 0 unspecified atom stereocenters. The van der Waals surface area contributed by atoms with Crippen molar-refractivity contribution in [3.8, 4) is 17.2 Å². The molecule has 0 aromatic heterocycles. The van der Waals surface area contributed by atoms with Crippen molar-refractivity contribution in [2.24, 2.45) is 0 Å². The first kappa shape index (κ1) is 16.9. The summed E-state index contributed by atoms with van der Waals surface area (Å²) in [5.74, 6) is 1.11. The van der Waals surface area contributed by atoms with Crippen molar-refractivity contribution in [3.05, 3.63) is 53.3 Å². The zero-order valence-corrected chi connectivity index (χ0v) is 14.0. The molecule has 1 heterocycles. The Morgan fingerprint density at radius 3 is 2.72 bits per heavy atom. The maximum Gasteiger partial charge on any atom is 0.317 e. The van der Waals surface area contributed by atoms with Crippen molar-refractivity contribution >= 4 is 6.03 Å². The van der Waals surface area contributed by atoms with Crippen molar-refractivity contribution in [2.45, 2.75) is 13.1 Å². The summed E-state index contributed by atoms with van der Waals surface area (Å²) in [6.45, 7) is 0.858. The van der Waals surface area contributed by atoms with Crippen LogP contribution in [0.15, 0.2) is 36.4 Å². The minimum absolute atomic E-state index is 0.179. The van der Waals surface area contributed by atoms with E-state index >= 15 is 0 Å². The molecule has 1 aliphatic heterocycles. The summed E-state index contributed by atoms with van der Waals surface area (Å²) in [6, 6.07) is 9.89. The highest BCUT2D eigenvalue weighted by Crippen LogP contribution is 2.32. The molecular formula is C18H19FN2O4. The molecule has 0 bridgehead atoms. The van der Waals surface area contributed by atoms with E-state index in [1.165, 1.54) is 18.1 Å². The Labute approximate surface area is 145 Å². The molecule has 0 radical (unpaired) electrons. The van der Waals surface area contributed by atoms with Gasteiger partial charge in [-0.05, 0) is 35.4 Å². The van der Waals surface area contributed by atoms with Crippen LogP contribution in [0.25, 0.3) is 0 Å². The third-order valence-corrected chi connectivity index (χ3v) is 3.86. The number of fused-ring (bicyclic) bond motifs is 1. The normalized spacial score (nSPS) is 12.0. The summed E-state index contributed by atoms with van der Waals surface area (Å²) >= 11 is 0. The van der Waals surface area contributed by atoms with Gasteiger partial charge in [0.15, 0.2) is 23.1 Å². The van der Waals surface area contributed by atoms with Gasteiger partial charge < -0.3 is 24.4 Å². The molecule has 0 spiro atoms. The molecule has 0 aliphatic carbocycles. The standard InChI is InChI=1S/C18H19FN2O4/c1-21(10-13-4-5-15(23-2)14(19)7-13)18(22)20-9-12-3-6-16-17(8-12)25-11-24-16/h3-8H,9-11H2,1-2H3,(H,20,22). The Hall–Kier alpha value is -2.96. The van der Waals surface area contributed by atoms with Gasteiger partial charge >= 0.3 is 6.03 Å². The van der Waals surface area contributed by atoms with Crippen molar-refractivity contribution in [1.82, 2.24) is 10.2 Å². The van der Waals surface area contributed by atoms with Crippen molar-refractivity contribution in [1.29, 1.82) is 0 Å². The average molecular weight is 346 g/mol. The summed E-state index contributed by atoms with van der Waals surface area (Å²) in [7, 11) is 3.06. The number of nitrogens with one attached hydrogen (secondary N) is 1. The number of methoxy groups -OCH3 is 1. The third-order valence-electron chi connectivity index (χ3n) is 3.86. The van der Waals surface area contributed by atoms with Crippen molar-refractivity contribution in [3.63, 3.8) is 0 Å².